The molecule has 0 fully saturated rings. The van der Waals surface area contributed by atoms with Gasteiger partial charge in [0.2, 0.25) is 0 Å². The summed E-state index contributed by atoms with van der Waals surface area (Å²) in [7, 11) is 0. The number of rotatable bonds is 0. The van der Waals surface area contributed by atoms with Crippen LogP contribution in [-0.2, 0) is 27.3 Å². The summed E-state index contributed by atoms with van der Waals surface area (Å²) in [4.78, 5) is 0. The Morgan fingerprint density at radius 2 is 1.05 bits per heavy atom. The summed E-state index contributed by atoms with van der Waals surface area (Å²) in [5.41, 5.74) is 0. The molecule has 88 valence electrons. The summed E-state index contributed by atoms with van der Waals surface area (Å²) in [6.45, 7) is 0. The largest absolute Gasteiger partial charge is 2.00 e. The fraction of sp³-hybridized carbons (Fsp3) is 0. The zero-order valence-corrected chi connectivity index (χ0v) is 16.0. The van der Waals surface area contributed by atoms with Gasteiger partial charge in [0.1, 0.15) is 0 Å². The Hall–Kier alpha value is -0.718. The van der Waals surface area contributed by atoms with Gasteiger partial charge in [-0.15, -0.1) is 24.3 Å². The first-order valence-corrected chi connectivity index (χ1v) is 7.37. The average Bonchev–Trinajstić information content (AvgIpc) is 3.08. The third-order valence-corrected chi connectivity index (χ3v) is 4.27. The Bertz CT molecular complexity index is 629. The number of hydrogen-bond donors (Lipinski definition) is 0. The van der Waals surface area contributed by atoms with Crippen molar-refractivity contribution in [1.82, 2.24) is 0 Å². The van der Waals surface area contributed by atoms with Crippen molar-refractivity contribution in [2.24, 2.45) is 0 Å². The van der Waals surface area contributed by atoms with E-state index < -0.39 is 0 Å². The van der Waals surface area contributed by atoms with Crippen LogP contribution in [0.3, 0.4) is 0 Å². The van der Waals surface area contributed by atoms with Crippen molar-refractivity contribution in [2.75, 3.05) is 0 Å². The molecule has 0 saturated heterocycles. The predicted molar refractivity (Wildman–Crippen MR) is 81.3 cm³/mol. The second kappa shape index (κ2) is 7.17. The van der Waals surface area contributed by atoms with Crippen molar-refractivity contribution in [1.29, 1.82) is 0 Å². The first kappa shape index (κ1) is 14.7. The molecule has 0 aliphatic rings. The Kier molecular flexibility index (Phi) is 5.54. The van der Waals surface area contributed by atoms with E-state index in [1.165, 1.54) is 20.2 Å². The number of hydrogen-bond acceptors (Lipinski definition) is 2. The van der Waals surface area contributed by atoms with Crippen molar-refractivity contribution >= 4 is 42.8 Å². The normalized spacial score (nSPS) is 9.68. The molecule has 0 nitrogen and oxygen atoms in total. The molecule has 0 amide bonds. The predicted octanol–water partition coefficient (Wildman–Crippen LogP) is 5.40. The monoisotopic (exact) mass is 380 g/mol. The van der Waals surface area contributed by atoms with Crippen LogP contribution in [0.2, 0.25) is 0 Å². The molecule has 0 bridgehead atoms. The van der Waals surface area contributed by atoms with E-state index >= 15 is 0 Å². The van der Waals surface area contributed by atoms with Crippen LogP contribution in [0, 0.1) is 12.1 Å². The Morgan fingerprint density at radius 1 is 0.632 bits per heavy atom. The van der Waals surface area contributed by atoms with Gasteiger partial charge in [0.15, 0.2) is 0 Å². The van der Waals surface area contributed by atoms with E-state index in [0.29, 0.717) is 0 Å². The van der Waals surface area contributed by atoms with Crippen LogP contribution in [0.15, 0.2) is 59.3 Å². The minimum Gasteiger partial charge on any atom is -0.226 e. The van der Waals surface area contributed by atoms with E-state index in [2.05, 4.69) is 36.4 Å². The van der Waals surface area contributed by atoms with E-state index in [-0.39, 0.29) is 27.3 Å². The Labute approximate surface area is 140 Å². The van der Waals surface area contributed by atoms with Gasteiger partial charge in [0.05, 0.1) is 0 Å². The Morgan fingerprint density at radius 3 is 1.47 bits per heavy atom. The second-order valence-electron chi connectivity index (χ2n) is 3.75. The molecule has 2 aromatic carbocycles. The van der Waals surface area contributed by atoms with Gasteiger partial charge in [-0.1, -0.05) is 32.3 Å². The van der Waals surface area contributed by atoms with Crippen LogP contribution in [0.5, 0.6) is 0 Å². The molecule has 0 saturated carbocycles. The van der Waals surface area contributed by atoms with Crippen molar-refractivity contribution in [3.8, 4) is 0 Å². The molecule has 4 rings (SSSR count). The van der Waals surface area contributed by atoms with E-state index in [1.54, 1.807) is 22.7 Å². The van der Waals surface area contributed by atoms with Gasteiger partial charge in [0.25, 0.3) is 0 Å². The summed E-state index contributed by atoms with van der Waals surface area (Å²) in [5, 5.41) is 6.43. The molecule has 2 aromatic heterocycles. The summed E-state index contributed by atoms with van der Waals surface area (Å²) in [6.07, 6.45) is 0. The van der Waals surface area contributed by atoms with Crippen LogP contribution in [0.25, 0.3) is 20.2 Å². The topological polar surface area (TPSA) is 0 Å². The fourth-order valence-corrected chi connectivity index (χ4v) is 3.14. The maximum atomic E-state index is 3.14. The van der Waals surface area contributed by atoms with Crippen LogP contribution in [-0.4, -0.2) is 0 Å². The van der Waals surface area contributed by atoms with E-state index in [1.807, 2.05) is 35.0 Å². The zero-order valence-electron chi connectivity index (χ0n) is 10.3. The molecule has 4 aromatic rings. The number of benzene rings is 2. The fourth-order valence-electron chi connectivity index (χ4n) is 1.69. The first-order chi connectivity index (χ1) is 8.93. The van der Waals surface area contributed by atoms with Gasteiger partial charge >= 0.3 is 27.3 Å². The summed E-state index contributed by atoms with van der Waals surface area (Å²) in [5.74, 6) is 0. The molecular weight excluding hydrogens is 369 g/mol. The molecule has 0 N–H and O–H groups in total. The molecule has 0 atom stereocenters. The zero-order chi connectivity index (χ0) is 12.2. The third-order valence-electron chi connectivity index (χ3n) is 2.57. The standard InChI is InChI=1S/2C8H5S.Cd/c2*1-2-4-8-7(3-1)5-6-9-8;/h2*1-4,6H;/q2*-1;+2. The summed E-state index contributed by atoms with van der Waals surface area (Å²) >= 11 is 3.46. The van der Waals surface area contributed by atoms with Crippen molar-refractivity contribution < 1.29 is 27.3 Å². The van der Waals surface area contributed by atoms with E-state index in [4.69, 9.17) is 0 Å². The average molecular weight is 379 g/mol. The van der Waals surface area contributed by atoms with Gasteiger partial charge in [-0.2, -0.15) is 35.0 Å². The quantitative estimate of drug-likeness (QED) is 0.284. The molecule has 0 aliphatic carbocycles. The van der Waals surface area contributed by atoms with Gasteiger partial charge in [-0.3, -0.25) is 0 Å². The number of thiophene rings is 2. The van der Waals surface area contributed by atoms with Crippen LogP contribution < -0.4 is 0 Å². The molecule has 19 heavy (non-hydrogen) atoms. The van der Waals surface area contributed by atoms with Crippen LogP contribution in [0.4, 0.5) is 0 Å². The van der Waals surface area contributed by atoms with Crippen LogP contribution >= 0.6 is 22.7 Å². The van der Waals surface area contributed by atoms with Gasteiger partial charge < -0.3 is 0 Å². The molecular formula is C16H10CdS2. The van der Waals surface area contributed by atoms with Gasteiger partial charge in [-0.05, 0) is 0 Å². The SMILES string of the molecule is [Cd+2].[c-]1csc2ccccc12.[c-]1csc2ccccc12. The summed E-state index contributed by atoms with van der Waals surface area (Å²) < 4.78 is 2.63. The minimum atomic E-state index is 0. The van der Waals surface area contributed by atoms with Crippen molar-refractivity contribution in [2.45, 2.75) is 0 Å². The van der Waals surface area contributed by atoms with Crippen LogP contribution in [0.1, 0.15) is 0 Å². The molecule has 0 spiro atoms. The van der Waals surface area contributed by atoms with E-state index in [0.717, 1.165) is 0 Å². The second-order valence-corrected chi connectivity index (χ2v) is 5.57. The maximum absolute atomic E-state index is 3.14. The smallest absolute Gasteiger partial charge is 0.226 e. The van der Waals surface area contributed by atoms with Crippen molar-refractivity contribution in [3.05, 3.63) is 71.4 Å². The maximum Gasteiger partial charge on any atom is 2.00 e. The van der Waals surface area contributed by atoms with Gasteiger partial charge in [0, 0.05) is 0 Å². The minimum absolute atomic E-state index is 0. The molecule has 0 aliphatic heterocycles. The summed E-state index contributed by atoms with van der Waals surface area (Å²) in [6, 6.07) is 22.8. The van der Waals surface area contributed by atoms with Gasteiger partial charge in [-0.25, -0.2) is 22.7 Å². The third kappa shape index (κ3) is 3.64. The Balaban J connectivity index is 0.000000133. The van der Waals surface area contributed by atoms with Crippen molar-refractivity contribution in [3.63, 3.8) is 0 Å². The number of fused-ring (bicyclic) bond motifs is 2. The molecule has 0 unspecified atom stereocenters. The molecule has 3 heteroatoms. The molecule has 2 heterocycles. The molecule has 0 radical (unpaired) electrons. The van der Waals surface area contributed by atoms with E-state index in [9.17, 15) is 0 Å². The first-order valence-electron chi connectivity index (χ1n) is 5.61.